The van der Waals surface area contributed by atoms with Crippen molar-refractivity contribution in [3.05, 3.63) is 30.2 Å². The Morgan fingerprint density at radius 3 is 2.35 bits per heavy atom. The molecular formula is C13H15F3N4O2S. The van der Waals surface area contributed by atoms with Crippen molar-refractivity contribution in [2.75, 3.05) is 37.3 Å². The number of aromatic nitrogens is 2. The van der Waals surface area contributed by atoms with E-state index in [-0.39, 0.29) is 13.1 Å². The summed E-state index contributed by atoms with van der Waals surface area (Å²) in [6, 6.07) is 2.12. The van der Waals surface area contributed by atoms with Crippen molar-refractivity contribution in [2.45, 2.75) is 6.18 Å². The van der Waals surface area contributed by atoms with Crippen LogP contribution in [0.5, 0.6) is 0 Å². The van der Waals surface area contributed by atoms with E-state index in [0.717, 1.165) is 18.4 Å². The minimum Gasteiger partial charge on any atom is -0.355 e. The second-order valence-corrected chi connectivity index (χ2v) is 7.42. The van der Waals surface area contributed by atoms with Crippen molar-refractivity contribution in [1.82, 2.24) is 13.7 Å². The molecule has 23 heavy (non-hydrogen) atoms. The third kappa shape index (κ3) is 3.13. The van der Waals surface area contributed by atoms with Crippen LogP contribution in [0.4, 0.5) is 19.0 Å². The highest BCUT2D eigenvalue weighted by Gasteiger charge is 2.33. The average Bonchev–Trinajstić information content (AvgIpc) is 2.93. The van der Waals surface area contributed by atoms with Gasteiger partial charge in [-0.25, -0.2) is 13.4 Å². The van der Waals surface area contributed by atoms with Gasteiger partial charge in [-0.2, -0.15) is 17.5 Å². The topological polar surface area (TPSA) is 57.9 Å². The van der Waals surface area contributed by atoms with E-state index >= 15 is 0 Å². The fourth-order valence-electron chi connectivity index (χ4n) is 2.67. The first-order valence-electron chi connectivity index (χ1n) is 6.89. The third-order valence-electron chi connectivity index (χ3n) is 3.86. The summed E-state index contributed by atoms with van der Waals surface area (Å²) in [6.45, 7) is 1.12. The molecule has 126 valence electrons. The number of piperazine rings is 1. The van der Waals surface area contributed by atoms with Crippen molar-refractivity contribution < 1.29 is 21.6 Å². The van der Waals surface area contributed by atoms with Crippen molar-refractivity contribution in [1.29, 1.82) is 0 Å². The molecule has 3 heterocycles. The molecule has 2 aromatic heterocycles. The molecule has 1 aliphatic rings. The minimum absolute atomic E-state index is 0.241. The first-order valence-corrected chi connectivity index (χ1v) is 8.74. The number of rotatable bonds is 2. The Morgan fingerprint density at radius 1 is 1.13 bits per heavy atom. The maximum absolute atomic E-state index is 13.1. The number of hydrogen-bond donors (Lipinski definition) is 0. The zero-order valence-corrected chi connectivity index (χ0v) is 13.1. The Bertz CT molecular complexity index is 823. The molecule has 0 radical (unpaired) electrons. The Labute approximate surface area is 131 Å². The maximum atomic E-state index is 13.1. The Hall–Kier alpha value is -1.81. The molecule has 2 aromatic rings. The Kier molecular flexibility index (Phi) is 3.75. The van der Waals surface area contributed by atoms with Gasteiger partial charge in [0.15, 0.2) is 0 Å². The van der Waals surface area contributed by atoms with Gasteiger partial charge < -0.3 is 4.90 Å². The number of fused-ring (bicyclic) bond motifs is 1. The van der Waals surface area contributed by atoms with E-state index in [1.807, 2.05) is 0 Å². The standard InChI is InChI=1S/C13H15F3N4O2S/c1-23(21,22)19-4-2-18(3-5-19)12-7-10(13(14,15)16)6-11-8-17-9-20(11)12/h6-9H,2-5H2,1H3. The largest absolute Gasteiger partial charge is 0.416 e. The molecule has 0 aromatic carbocycles. The van der Waals surface area contributed by atoms with Gasteiger partial charge in [0, 0.05) is 26.2 Å². The molecule has 0 saturated carbocycles. The molecule has 0 aliphatic carbocycles. The van der Waals surface area contributed by atoms with Crippen LogP contribution in [0.2, 0.25) is 0 Å². The smallest absolute Gasteiger partial charge is 0.355 e. The lowest BCUT2D eigenvalue weighted by Gasteiger charge is -2.35. The van der Waals surface area contributed by atoms with Gasteiger partial charge >= 0.3 is 6.18 Å². The highest BCUT2D eigenvalue weighted by Crippen LogP contribution is 2.33. The number of sulfonamides is 1. The zero-order valence-electron chi connectivity index (χ0n) is 12.3. The van der Waals surface area contributed by atoms with Crippen LogP contribution in [-0.4, -0.2) is 54.5 Å². The van der Waals surface area contributed by atoms with Crippen LogP contribution in [0.15, 0.2) is 24.7 Å². The summed E-state index contributed by atoms with van der Waals surface area (Å²) in [5.41, 5.74) is -0.397. The molecule has 3 rings (SSSR count). The van der Waals surface area contributed by atoms with Crippen molar-refractivity contribution in [3.8, 4) is 0 Å². The molecule has 1 aliphatic heterocycles. The summed E-state index contributed by atoms with van der Waals surface area (Å²) in [4.78, 5) is 5.64. The predicted molar refractivity (Wildman–Crippen MR) is 78.8 cm³/mol. The van der Waals surface area contributed by atoms with Crippen LogP contribution < -0.4 is 4.90 Å². The van der Waals surface area contributed by atoms with Crippen molar-refractivity contribution in [2.24, 2.45) is 0 Å². The second-order valence-electron chi connectivity index (χ2n) is 5.44. The fraction of sp³-hybridized carbons (Fsp3) is 0.462. The van der Waals surface area contributed by atoms with Gasteiger partial charge in [0.2, 0.25) is 10.0 Å². The Morgan fingerprint density at radius 2 is 1.78 bits per heavy atom. The van der Waals surface area contributed by atoms with E-state index in [9.17, 15) is 21.6 Å². The van der Waals surface area contributed by atoms with Gasteiger partial charge in [0.25, 0.3) is 0 Å². The molecule has 10 heteroatoms. The monoisotopic (exact) mass is 348 g/mol. The van der Waals surface area contributed by atoms with E-state index in [0.29, 0.717) is 24.4 Å². The number of halogens is 3. The molecule has 1 fully saturated rings. The molecule has 0 atom stereocenters. The molecule has 0 bridgehead atoms. The van der Waals surface area contributed by atoms with Gasteiger partial charge in [-0.15, -0.1) is 0 Å². The highest BCUT2D eigenvalue weighted by molar-refractivity contribution is 7.88. The van der Waals surface area contributed by atoms with Crippen molar-refractivity contribution >= 4 is 21.4 Å². The van der Waals surface area contributed by atoms with Crippen molar-refractivity contribution in [3.63, 3.8) is 0 Å². The molecular weight excluding hydrogens is 333 g/mol. The SMILES string of the molecule is CS(=O)(=O)N1CCN(c2cc(C(F)(F)F)cc3cncn23)CC1. The number of pyridine rings is 1. The summed E-state index contributed by atoms with van der Waals surface area (Å²) in [5, 5.41) is 0. The first-order chi connectivity index (χ1) is 10.7. The molecule has 0 N–H and O–H groups in total. The lowest BCUT2D eigenvalue weighted by molar-refractivity contribution is -0.137. The zero-order chi connectivity index (χ0) is 16.8. The Balaban J connectivity index is 1.95. The van der Waals surface area contributed by atoms with Gasteiger partial charge in [-0.3, -0.25) is 4.40 Å². The van der Waals surface area contributed by atoms with E-state index in [1.165, 1.54) is 16.8 Å². The van der Waals surface area contributed by atoms with Crippen LogP contribution in [-0.2, 0) is 16.2 Å². The number of imidazole rings is 1. The van der Waals surface area contributed by atoms with Crippen LogP contribution in [0, 0.1) is 0 Å². The maximum Gasteiger partial charge on any atom is 0.416 e. The van der Waals surface area contributed by atoms with E-state index in [1.54, 1.807) is 9.30 Å². The van der Waals surface area contributed by atoms with Crippen LogP contribution >= 0.6 is 0 Å². The fourth-order valence-corrected chi connectivity index (χ4v) is 3.50. The van der Waals surface area contributed by atoms with E-state index < -0.39 is 21.8 Å². The van der Waals surface area contributed by atoms with Crippen LogP contribution in [0.1, 0.15) is 5.56 Å². The number of anilines is 1. The average molecular weight is 348 g/mol. The van der Waals surface area contributed by atoms with Gasteiger partial charge in [-0.1, -0.05) is 0 Å². The number of nitrogens with zero attached hydrogens (tertiary/aromatic N) is 4. The summed E-state index contributed by atoms with van der Waals surface area (Å²) in [6.07, 6.45) is -0.504. The molecule has 0 amide bonds. The second kappa shape index (κ2) is 5.38. The number of alkyl halides is 3. The van der Waals surface area contributed by atoms with E-state index in [2.05, 4.69) is 4.98 Å². The lowest BCUT2D eigenvalue weighted by atomic mass is 10.2. The normalized spacial score (nSPS) is 17.8. The summed E-state index contributed by atoms with van der Waals surface area (Å²) >= 11 is 0. The molecule has 0 unspecified atom stereocenters. The quantitative estimate of drug-likeness (QED) is 0.824. The summed E-state index contributed by atoms with van der Waals surface area (Å²) < 4.78 is 65.1. The lowest BCUT2D eigenvalue weighted by Crippen LogP contribution is -2.48. The van der Waals surface area contributed by atoms with Crippen LogP contribution in [0.25, 0.3) is 5.52 Å². The first kappa shape index (κ1) is 16.1. The predicted octanol–water partition coefficient (Wildman–Crippen LogP) is 1.43. The highest BCUT2D eigenvalue weighted by atomic mass is 32.2. The summed E-state index contributed by atoms with van der Waals surface area (Å²) in [5.74, 6) is 0.362. The van der Waals surface area contributed by atoms with Crippen LogP contribution in [0.3, 0.4) is 0 Å². The van der Waals surface area contributed by atoms with E-state index in [4.69, 9.17) is 0 Å². The molecule has 1 saturated heterocycles. The minimum atomic E-state index is -4.45. The molecule has 6 nitrogen and oxygen atoms in total. The van der Waals surface area contributed by atoms with Gasteiger partial charge in [-0.05, 0) is 12.1 Å². The molecule has 0 spiro atoms. The van der Waals surface area contributed by atoms with Gasteiger partial charge in [0.1, 0.15) is 12.1 Å². The third-order valence-corrected chi connectivity index (χ3v) is 5.16. The summed E-state index contributed by atoms with van der Waals surface area (Å²) in [7, 11) is -3.29. The number of hydrogen-bond acceptors (Lipinski definition) is 4. The van der Waals surface area contributed by atoms with Gasteiger partial charge in [0.05, 0.1) is 23.5 Å².